The van der Waals surface area contributed by atoms with Crippen LogP contribution in [0.3, 0.4) is 0 Å². The third kappa shape index (κ3) is 2.77. The Kier molecular flexibility index (Phi) is 4.17. The van der Waals surface area contributed by atoms with Crippen molar-refractivity contribution in [1.29, 1.82) is 0 Å². The molecule has 1 aromatic carbocycles. The predicted molar refractivity (Wildman–Crippen MR) is 83.3 cm³/mol. The van der Waals surface area contributed by atoms with Crippen LogP contribution in [0.1, 0.15) is 5.56 Å². The number of halogens is 1. The summed E-state index contributed by atoms with van der Waals surface area (Å²) in [7, 11) is 3.11. The number of hydrogen-bond donors (Lipinski definition) is 1. The van der Waals surface area contributed by atoms with E-state index in [4.69, 9.17) is 17.0 Å². The Morgan fingerprint density at radius 3 is 2.74 bits per heavy atom. The summed E-state index contributed by atoms with van der Waals surface area (Å²) in [4.78, 5) is 13.9. The molecule has 0 bridgehead atoms. The highest BCUT2D eigenvalue weighted by Crippen LogP contribution is 2.37. The highest BCUT2D eigenvalue weighted by molar-refractivity contribution is 9.10. The Labute approximate surface area is 128 Å². The largest absolute Gasteiger partial charge is 0.503 e. The van der Waals surface area contributed by atoms with Gasteiger partial charge in [-0.05, 0) is 39.7 Å². The fraction of sp³-hybridized carbons (Fsp3) is 0.167. The molecule has 0 spiro atoms. The molecule has 0 saturated carbocycles. The first-order chi connectivity index (χ1) is 8.93. The van der Waals surface area contributed by atoms with E-state index in [-0.39, 0.29) is 11.7 Å². The number of amides is 1. The summed E-state index contributed by atoms with van der Waals surface area (Å²) in [5, 5.41) is 9.73. The second kappa shape index (κ2) is 5.52. The van der Waals surface area contributed by atoms with Gasteiger partial charge >= 0.3 is 0 Å². The molecule has 1 aliphatic rings. The molecular formula is C12H10BrNO3S2. The molecule has 100 valence electrons. The lowest BCUT2D eigenvalue weighted by atomic mass is 10.2. The molecule has 4 nitrogen and oxygen atoms in total. The van der Waals surface area contributed by atoms with Crippen molar-refractivity contribution in [2.75, 3.05) is 14.2 Å². The summed E-state index contributed by atoms with van der Waals surface area (Å²) in [6.07, 6.45) is 1.72. The number of carbonyl (C=O) groups is 1. The molecule has 1 heterocycles. The van der Waals surface area contributed by atoms with Crippen molar-refractivity contribution in [3.8, 4) is 11.5 Å². The molecule has 0 aliphatic carbocycles. The van der Waals surface area contributed by atoms with Gasteiger partial charge in [0.25, 0.3) is 5.91 Å². The predicted octanol–water partition coefficient (Wildman–Crippen LogP) is 2.99. The number of carbonyl (C=O) groups excluding carboxylic acids is 1. The van der Waals surface area contributed by atoms with Crippen molar-refractivity contribution in [1.82, 2.24) is 4.90 Å². The molecule has 0 unspecified atom stereocenters. The fourth-order valence-electron chi connectivity index (χ4n) is 1.53. The summed E-state index contributed by atoms with van der Waals surface area (Å²) in [5.41, 5.74) is 0.746. The molecule has 1 aliphatic heterocycles. The molecule has 0 radical (unpaired) electrons. The number of rotatable bonds is 2. The molecule has 1 aromatic rings. The van der Waals surface area contributed by atoms with E-state index in [2.05, 4.69) is 15.9 Å². The molecule has 2 rings (SSSR count). The van der Waals surface area contributed by atoms with Crippen LogP contribution in [0.4, 0.5) is 0 Å². The first-order valence-corrected chi connectivity index (χ1v) is 7.24. The third-order valence-corrected chi connectivity index (χ3v) is 4.64. The van der Waals surface area contributed by atoms with Gasteiger partial charge in [-0.1, -0.05) is 24.0 Å². The highest BCUT2D eigenvalue weighted by atomic mass is 79.9. The quantitative estimate of drug-likeness (QED) is 0.649. The van der Waals surface area contributed by atoms with Crippen molar-refractivity contribution in [2.45, 2.75) is 0 Å². The van der Waals surface area contributed by atoms with Gasteiger partial charge in [-0.15, -0.1) is 0 Å². The highest BCUT2D eigenvalue weighted by Gasteiger charge is 2.28. The van der Waals surface area contributed by atoms with E-state index in [9.17, 15) is 9.90 Å². The second-order valence-corrected chi connectivity index (χ2v) is 6.32. The molecule has 1 amide bonds. The number of ether oxygens (including phenoxy) is 1. The average Bonchev–Trinajstić information content (AvgIpc) is 2.61. The zero-order valence-electron chi connectivity index (χ0n) is 10.1. The van der Waals surface area contributed by atoms with E-state index in [1.54, 1.807) is 25.3 Å². The Hall–Kier alpha value is -1.05. The number of nitrogens with zero attached hydrogens (tertiary/aromatic N) is 1. The van der Waals surface area contributed by atoms with Crippen molar-refractivity contribution in [3.05, 3.63) is 27.1 Å². The second-order valence-electron chi connectivity index (χ2n) is 3.79. The minimum absolute atomic E-state index is 0.0303. The fourth-order valence-corrected chi connectivity index (χ4v) is 3.17. The average molecular weight is 360 g/mol. The van der Waals surface area contributed by atoms with Gasteiger partial charge < -0.3 is 9.84 Å². The molecule has 1 fully saturated rings. The van der Waals surface area contributed by atoms with E-state index in [0.717, 1.165) is 5.56 Å². The standard InChI is InChI=1S/C12H10BrNO3S2/c1-14-11(16)9(19-12(14)18)5-6-3-7(13)10(15)8(4-6)17-2/h3-5,15H,1-2H3. The zero-order valence-corrected chi connectivity index (χ0v) is 13.4. The molecule has 19 heavy (non-hydrogen) atoms. The summed E-state index contributed by atoms with van der Waals surface area (Å²) in [5.74, 6) is 0.244. The number of likely N-dealkylation sites (N-methyl/N-ethyl adjacent to an activating group) is 1. The van der Waals surface area contributed by atoms with Gasteiger partial charge in [0, 0.05) is 7.05 Å². The van der Waals surface area contributed by atoms with Gasteiger partial charge in [0.1, 0.15) is 4.32 Å². The van der Waals surface area contributed by atoms with E-state index < -0.39 is 0 Å². The molecule has 1 saturated heterocycles. The van der Waals surface area contributed by atoms with Gasteiger partial charge in [0.2, 0.25) is 0 Å². The van der Waals surface area contributed by atoms with Crippen molar-refractivity contribution in [3.63, 3.8) is 0 Å². The Morgan fingerprint density at radius 1 is 1.53 bits per heavy atom. The van der Waals surface area contributed by atoms with E-state index in [0.29, 0.717) is 19.4 Å². The number of aromatic hydroxyl groups is 1. The van der Waals surface area contributed by atoms with Crippen LogP contribution in [0.2, 0.25) is 0 Å². The summed E-state index contributed by atoms with van der Waals surface area (Å²) in [6.45, 7) is 0. The molecule has 7 heteroatoms. The summed E-state index contributed by atoms with van der Waals surface area (Å²) >= 11 is 9.55. The monoisotopic (exact) mass is 359 g/mol. The zero-order chi connectivity index (χ0) is 14.2. The lowest BCUT2D eigenvalue weighted by Crippen LogP contribution is -2.22. The van der Waals surface area contributed by atoms with Crippen LogP contribution in [0.5, 0.6) is 11.5 Å². The number of thiocarbonyl (C=S) groups is 1. The van der Waals surface area contributed by atoms with E-state index in [1.165, 1.54) is 23.8 Å². The minimum atomic E-state index is -0.127. The van der Waals surface area contributed by atoms with Crippen LogP contribution in [0.15, 0.2) is 21.5 Å². The van der Waals surface area contributed by atoms with Crippen molar-refractivity contribution in [2.24, 2.45) is 0 Å². The van der Waals surface area contributed by atoms with Crippen LogP contribution in [0, 0.1) is 0 Å². The van der Waals surface area contributed by atoms with Gasteiger partial charge in [-0.3, -0.25) is 9.69 Å². The number of benzene rings is 1. The number of phenolic OH excluding ortho intramolecular Hbond substituents is 1. The van der Waals surface area contributed by atoms with Crippen LogP contribution >= 0.6 is 39.9 Å². The molecule has 1 N–H and O–H groups in total. The van der Waals surface area contributed by atoms with Crippen molar-refractivity contribution < 1.29 is 14.6 Å². The lowest BCUT2D eigenvalue weighted by molar-refractivity contribution is -0.121. The number of methoxy groups -OCH3 is 1. The first-order valence-electron chi connectivity index (χ1n) is 5.22. The Bertz CT molecular complexity index is 601. The minimum Gasteiger partial charge on any atom is -0.503 e. The maximum atomic E-state index is 11.9. The number of hydrogen-bond acceptors (Lipinski definition) is 5. The maximum Gasteiger partial charge on any atom is 0.265 e. The van der Waals surface area contributed by atoms with Crippen LogP contribution in [-0.4, -0.2) is 34.4 Å². The third-order valence-electron chi connectivity index (χ3n) is 2.55. The molecule has 0 aromatic heterocycles. The SMILES string of the molecule is COc1cc(C=C2SC(=S)N(C)C2=O)cc(Br)c1O. The van der Waals surface area contributed by atoms with Gasteiger partial charge in [-0.25, -0.2) is 0 Å². The van der Waals surface area contributed by atoms with Crippen LogP contribution < -0.4 is 4.74 Å². The van der Waals surface area contributed by atoms with Gasteiger partial charge in [0.05, 0.1) is 16.5 Å². The molecule has 0 atom stereocenters. The maximum absolute atomic E-state index is 11.9. The number of thioether (sulfide) groups is 1. The van der Waals surface area contributed by atoms with Gasteiger partial charge in [0.15, 0.2) is 11.5 Å². The lowest BCUT2D eigenvalue weighted by Gasteiger charge is -2.07. The van der Waals surface area contributed by atoms with Crippen LogP contribution in [-0.2, 0) is 4.79 Å². The first kappa shape index (κ1) is 14.4. The summed E-state index contributed by atoms with van der Waals surface area (Å²) in [6, 6.07) is 3.36. The van der Waals surface area contributed by atoms with E-state index in [1.807, 2.05) is 0 Å². The van der Waals surface area contributed by atoms with Crippen LogP contribution in [0.25, 0.3) is 6.08 Å². The normalized spacial score (nSPS) is 17.4. The Morgan fingerprint density at radius 2 is 2.21 bits per heavy atom. The number of phenols is 1. The topological polar surface area (TPSA) is 49.8 Å². The summed E-state index contributed by atoms with van der Waals surface area (Å²) < 4.78 is 6.10. The van der Waals surface area contributed by atoms with Crippen molar-refractivity contribution >= 4 is 56.2 Å². The molecular weight excluding hydrogens is 350 g/mol. The van der Waals surface area contributed by atoms with Gasteiger partial charge in [-0.2, -0.15) is 0 Å². The Balaban J connectivity index is 2.42. The smallest absolute Gasteiger partial charge is 0.265 e. The van der Waals surface area contributed by atoms with E-state index >= 15 is 0 Å².